The highest BCUT2D eigenvalue weighted by molar-refractivity contribution is 7.89. The molecule has 0 radical (unpaired) electrons. The second-order valence-electron chi connectivity index (χ2n) is 6.48. The number of rotatable bonds is 10. The number of hydroxylamine groups is 1. The monoisotopic (exact) mass is 419 g/mol. The molecule has 0 aromatic heterocycles. The summed E-state index contributed by atoms with van der Waals surface area (Å²) >= 11 is 0. The largest absolute Gasteiger partial charge is 0.350 e. The third kappa shape index (κ3) is 5.63. The van der Waals surface area contributed by atoms with Crippen molar-refractivity contribution in [3.05, 3.63) is 65.7 Å². The minimum absolute atomic E-state index is 0.0590. The first-order valence-corrected chi connectivity index (χ1v) is 11.0. The smallest absolute Gasteiger partial charge is 0.264 e. The highest BCUT2D eigenvalue weighted by atomic mass is 32.2. The second-order valence-corrected chi connectivity index (χ2v) is 8.42. The van der Waals surface area contributed by atoms with Gasteiger partial charge in [-0.25, -0.2) is 8.42 Å². The van der Waals surface area contributed by atoms with Gasteiger partial charge in [-0.3, -0.25) is 14.5 Å². The van der Waals surface area contributed by atoms with Crippen LogP contribution in [0.2, 0.25) is 0 Å². The summed E-state index contributed by atoms with van der Waals surface area (Å²) in [7, 11) is -1.15. The lowest BCUT2D eigenvalue weighted by atomic mass is 10.0. The maximum absolute atomic E-state index is 12.6. The molecule has 7 nitrogen and oxygen atoms in total. The van der Waals surface area contributed by atoms with Crippen LogP contribution in [0.25, 0.3) is 0 Å². The van der Waals surface area contributed by atoms with Crippen LogP contribution in [0.1, 0.15) is 35.8 Å². The van der Waals surface area contributed by atoms with Gasteiger partial charge in [0.2, 0.25) is 0 Å². The van der Waals surface area contributed by atoms with Gasteiger partial charge < -0.3 is 5.32 Å². The molecule has 0 bridgehead atoms. The molecule has 1 N–H and O–H groups in total. The van der Waals surface area contributed by atoms with Crippen molar-refractivity contribution in [2.75, 3.05) is 33.8 Å². The highest BCUT2D eigenvalue weighted by Crippen LogP contribution is 2.20. The summed E-state index contributed by atoms with van der Waals surface area (Å²) in [5, 5.41) is 2.97. The maximum Gasteiger partial charge on any atom is 0.264 e. The van der Waals surface area contributed by atoms with E-state index in [1.165, 1.54) is 38.4 Å². The van der Waals surface area contributed by atoms with E-state index in [9.17, 15) is 13.2 Å². The second kappa shape index (κ2) is 10.5. The quantitative estimate of drug-likeness (QED) is 0.599. The van der Waals surface area contributed by atoms with Crippen molar-refractivity contribution in [3.8, 4) is 0 Å². The molecule has 0 fully saturated rings. The zero-order chi connectivity index (χ0) is 21.4. The van der Waals surface area contributed by atoms with Gasteiger partial charge in [0.05, 0.1) is 18.0 Å². The molecule has 1 unspecified atom stereocenters. The van der Waals surface area contributed by atoms with Crippen molar-refractivity contribution in [2.45, 2.75) is 24.8 Å². The Hall–Kier alpha value is -2.26. The number of hydrogen-bond donors (Lipinski definition) is 1. The molecule has 0 aliphatic rings. The van der Waals surface area contributed by atoms with Gasteiger partial charge in [-0.2, -0.15) is 0 Å². The van der Waals surface area contributed by atoms with Crippen molar-refractivity contribution in [1.82, 2.24) is 14.7 Å². The fraction of sp³-hybridized carbons (Fsp3) is 0.381. The number of carbonyl (C=O) groups excluding carboxylic acids is 1. The summed E-state index contributed by atoms with van der Waals surface area (Å²) in [5.41, 5.74) is 1.54. The van der Waals surface area contributed by atoms with Crippen molar-refractivity contribution in [2.24, 2.45) is 0 Å². The fourth-order valence-corrected chi connectivity index (χ4v) is 4.09. The Morgan fingerprint density at radius 1 is 1.03 bits per heavy atom. The third-order valence-electron chi connectivity index (χ3n) is 4.90. The van der Waals surface area contributed by atoms with Crippen molar-refractivity contribution in [1.29, 1.82) is 0 Å². The summed E-state index contributed by atoms with van der Waals surface area (Å²) < 4.78 is 25.3. The number of nitrogens with zero attached hydrogens (tertiary/aromatic N) is 2. The maximum atomic E-state index is 12.6. The van der Waals surface area contributed by atoms with Crippen molar-refractivity contribution in [3.63, 3.8) is 0 Å². The molecule has 29 heavy (non-hydrogen) atoms. The summed E-state index contributed by atoms with van der Waals surface area (Å²) in [5.74, 6) is -0.248. The molecule has 0 aliphatic carbocycles. The third-order valence-corrected chi connectivity index (χ3v) is 6.60. The van der Waals surface area contributed by atoms with E-state index in [0.717, 1.165) is 23.1 Å². The molecule has 0 aliphatic heterocycles. The minimum atomic E-state index is -3.74. The number of likely N-dealkylation sites (N-methyl/N-ethyl adjacent to an activating group) is 1. The average molecular weight is 420 g/mol. The van der Waals surface area contributed by atoms with Crippen LogP contribution in [0.3, 0.4) is 0 Å². The van der Waals surface area contributed by atoms with Crippen LogP contribution >= 0.6 is 0 Å². The van der Waals surface area contributed by atoms with Crippen LogP contribution in [-0.2, 0) is 14.9 Å². The Kier molecular flexibility index (Phi) is 8.33. The van der Waals surface area contributed by atoms with Crippen LogP contribution in [-0.4, -0.2) is 57.5 Å². The summed E-state index contributed by atoms with van der Waals surface area (Å²) in [4.78, 5) is 19.7. The van der Waals surface area contributed by atoms with Gasteiger partial charge in [-0.1, -0.05) is 48.6 Å². The minimum Gasteiger partial charge on any atom is -0.350 e. The molecule has 1 atom stereocenters. The molecular weight excluding hydrogens is 390 g/mol. The standard InChI is InChI=1S/C21H29N3O4S/c1-5-24(6-2)20(17-10-8-7-9-11-17)16-22-21(25)18-12-14-19(15-13-18)29(26,27)23(3)28-4/h7-15,20H,5-6,16H2,1-4H3,(H,22,25). The number of amides is 1. The highest BCUT2D eigenvalue weighted by Gasteiger charge is 2.22. The lowest BCUT2D eigenvalue weighted by Crippen LogP contribution is -2.38. The van der Waals surface area contributed by atoms with Crippen LogP contribution < -0.4 is 5.32 Å². The lowest BCUT2D eigenvalue weighted by Gasteiger charge is -2.30. The van der Waals surface area contributed by atoms with Gasteiger partial charge in [0.15, 0.2) is 0 Å². The Morgan fingerprint density at radius 2 is 1.62 bits per heavy atom. The van der Waals surface area contributed by atoms with Crippen LogP contribution in [0.4, 0.5) is 0 Å². The molecule has 0 saturated heterocycles. The van der Waals surface area contributed by atoms with Crippen LogP contribution in [0.5, 0.6) is 0 Å². The number of carbonyl (C=O) groups is 1. The number of sulfonamides is 1. The topological polar surface area (TPSA) is 79.0 Å². The molecule has 0 spiro atoms. The molecule has 2 aromatic carbocycles. The predicted molar refractivity (Wildman–Crippen MR) is 113 cm³/mol. The van der Waals surface area contributed by atoms with E-state index in [1.807, 2.05) is 18.2 Å². The van der Waals surface area contributed by atoms with E-state index in [-0.39, 0.29) is 16.8 Å². The van der Waals surface area contributed by atoms with Crippen LogP contribution in [0.15, 0.2) is 59.5 Å². The molecule has 8 heteroatoms. The Bertz CT molecular complexity index is 882. The first-order valence-electron chi connectivity index (χ1n) is 9.55. The Labute approximate surface area is 173 Å². The fourth-order valence-electron chi connectivity index (χ4n) is 3.11. The van der Waals surface area contributed by atoms with E-state index in [0.29, 0.717) is 12.1 Å². The molecule has 158 valence electrons. The number of benzene rings is 2. The van der Waals surface area contributed by atoms with Crippen molar-refractivity contribution >= 4 is 15.9 Å². The van der Waals surface area contributed by atoms with Gasteiger partial charge in [-0.15, -0.1) is 0 Å². The van der Waals surface area contributed by atoms with Gasteiger partial charge in [0.1, 0.15) is 0 Å². The van der Waals surface area contributed by atoms with Crippen molar-refractivity contribution < 1.29 is 18.0 Å². The lowest BCUT2D eigenvalue weighted by molar-refractivity contribution is -0.0258. The normalized spacial score (nSPS) is 12.9. The molecule has 0 heterocycles. The molecule has 1 amide bonds. The molecule has 2 rings (SSSR count). The first-order chi connectivity index (χ1) is 13.8. The molecule has 0 saturated carbocycles. The number of hydrogen-bond acceptors (Lipinski definition) is 5. The molecule has 2 aromatic rings. The summed E-state index contributed by atoms with van der Waals surface area (Å²) in [6, 6.07) is 15.9. The Balaban J connectivity index is 2.12. The predicted octanol–water partition coefficient (Wildman–Crippen LogP) is 2.68. The van der Waals surface area contributed by atoms with E-state index in [4.69, 9.17) is 4.84 Å². The summed E-state index contributed by atoms with van der Waals surface area (Å²) in [6.07, 6.45) is 0. The van der Waals surface area contributed by atoms with Gasteiger partial charge in [-0.05, 0) is 42.9 Å². The molecular formula is C21H29N3O4S. The zero-order valence-electron chi connectivity index (χ0n) is 17.3. The van der Waals surface area contributed by atoms with Gasteiger partial charge >= 0.3 is 0 Å². The van der Waals surface area contributed by atoms with E-state index >= 15 is 0 Å². The number of nitrogens with one attached hydrogen (secondary N) is 1. The van der Waals surface area contributed by atoms with Gasteiger partial charge in [0, 0.05) is 19.2 Å². The van der Waals surface area contributed by atoms with Gasteiger partial charge in [0.25, 0.3) is 15.9 Å². The average Bonchev–Trinajstić information content (AvgIpc) is 2.76. The SMILES string of the molecule is CCN(CC)C(CNC(=O)c1ccc(S(=O)(=O)N(C)OC)cc1)c1ccccc1. The van der Waals surface area contributed by atoms with E-state index in [1.54, 1.807) is 0 Å². The summed E-state index contributed by atoms with van der Waals surface area (Å²) in [6.45, 7) is 6.38. The van der Waals surface area contributed by atoms with Crippen LogP contribution in [0, 0.1) is 0 Å². The zero-order valence-corrected chi connectivity index (χ0v) is 18.1. The Morgan fingerprint density at radius 3 is 2.14 bits per heavy atom. The first kappa shape index (κ1) is 23.0. The van der Waals surface area contributed by atoms with E-state index in [2.05, 4.69) is 36.2 Å². The van der Waals surface area contributed by atoms with E-state index < -0.39 is 10.0 Å².